The van der Waals surface area contributed by atoms with Crippen LogP contribution in [0, 0.1) is 13.8 Å². The third kappa shape index (κ3) is 3.55. The summed E-state index contributed by atoms with van der Waals surface area (Å²) in [5.74, 6) is 1.08. The Morgan fingerprint density at radius 3 is 2.60 bits per heavy atom. The topological polar surface area (TPSA) is 47.4 Å². The largest absolute Gasteiger partial charge is 0.497 e. The van der Waals surface area contributed by atoms with Gasteiger partial charge in [-0.15, -0.1) is 0 Å². The minimum absolute atomic E-state index is 0.178. The van der Waals surface area contributed by atoms with Gasteiger partial charge in [0.25, 0.3) is 0 Å². The van der Waals surface area contributed by atoms with Gasteiger partial charge in [0.15, 0.2) is 0 Å². The van der Waals surface area contributed by atoms with Crippen molar-refractivity contribution in [2.24, 2.45) is 7.05 Å². The molecular formula is C20H27N3O2. The Balaban J connectivity index is 1.68. The van der Waals surface area contributed by atoms with Crippen LogP contribution in [0.3, 0.4) is 0 Å². The van der Waals surface area contributed by atoms with Gasteiger partial charge in [-0.25, -0.2) is 0 Å². The number of hydrogen-bond acceptors (Lipinski definition) is 3. The van der Waals surface area contributed by atoms with Gasteiger partial charge in [0, 0.05) is 31.3 Å². The average Bonchev–Trinajstić information content (AvgIpc) is 3.18. The minimum atomic E-state index is 0.178. The molecule has 0 aliphatic carbocycles. The molecule has 0 saturated carbocycles. The molecule has 5 nitrogen and oxygen atoms in total. The molecule has 0 radical (unpaired) electrons. The number of aromatic nitrogens is 2. The molecule has 1 fully saturated rings. The van der Waals surface area contributed by atoms with E-state index in [1.54, 1.807) is 7.11 Å². The van der Waals surface area contributed by atoms with E-state index in [1.165, 1.54) is 11.1 Å². The molecule has 1 amide bonds. The highest BCUT2D eigenvalue weighted by Gasteiger charge is 2.33. The first-order chi connectivity index (χ1) is 12.0. The molecule has 1 saturated heterocycles. The first-order valence-electron chi connectivity index (χ1n) is 8.93. The standard InChI is InChI=1S/C20H27N3O2/c1-14-20(15(2)22(3)21-14)18-6-5-13-23(18)19(24)12-9-16-7-10-17(25-4)11-8-16/h7-8,10-11,18H,5-6,9,12-13H2,1-4H3/t18-/m1/s1. The number of carbonyl (C=O) groups excluding carboxylic acids is 1. The van der Waals surface area contributed by atoms with Gasteiger partial charge >= 0.3 is 0 Å². The number of likely N-dealkylation sites (tertiary alicyclic amines) is 1. The van der Waals surface area contributed by atoms with Crippen LogP contribution >= 0.6 is 0 Å². The van der Waals surface area contributed by atoms with E-state index in [-0.39, 0.29) is 11.9 Å². The van der Waals surface area contributed by atoms with Crippen molar-refractivity contribution >= 4 is 5.91 Å². The predicted octanol–water partition coefficient (Wildman–Crippen LogP) is 3.34. The third-order valence-corrected chi connectivity index (χ3v) is 5.26. The quantitative estimate of drug-likeness (QED) is 0.838. The number of ether oxygens (including phenoxy) is 1. The Morgan fingerprint density at radius 2 is 2.00 bits per heavy atom. The Bertz CT molecular complexity index is 749. The van der Waals surface area contributed by atoms with Crippen LogP contribution in [0.25, 0.3) is 0 Å². The van der Waals surface area contributed by atoms with Crippen molar-refractivity contribution in [3.05, 3.63) is 46.8 Å². The highest BCUT2D eigenvalue weighted by Crippen LogP contribution is 2.35. The van der Waals surface area contributed by atoms with E-state index in [0.717, 1.165) is 42.9 Å². The second kappa shape index (κ2) is 7.30. The van der Waals surface area contributed by atoms with Gasteiger partial charge in [-0.3, -0.25) is 9.48 Å². The predicted molar refractivity (Wildman–Crippen MR) is 97.7 cm³/mol. The lowest BCUT2D eigenvalue weighted by atomic mass is 10.0. The van der Waals surface area contributed by atoms with Crippen LogP contribution in [0.15, 0.2) is 24.3 Å². The summed E-state index contributed by atoms with van der Waals surface area (Å²) in [6.07, 6.45) is 3.40. The first kappa shape index (κ1) is 17.5. The lowest BCUT2D eigenvalue weighted by Crippen LogP contribution is -2.31. The van der Waals surface area contributed by atoms with Crippen LogP contribution < -0.4 is 4.74 Å². The first-order valence-corrected chi connectivity index (χ1v) is 8.93. The van der Waals surface area contributed by atoms with Crippen molar-refractivity contribution in [3.63, 3.8) is 0 Å². The number of amides is 1. The lowest BCUT2D eigenvalue weighted by molar-refractivity contribution is -0.132. The summed E-state index contributed by atoms with van der Waals surface area (Å²) in [4.78, 5) is 14.9. The molecule has 5 heteroatoms. The third-order valence-electron chi connectivity index (χ3n) is 5.26. The molecule has 2 heterocycles. The Labute approximate surface area is 149 Å². The van der Waals surface area contributed by atoms with E-state index in [4.69, 9.17) is 4.74 Å². The zero-order valence-electron chi connectivity index (χ0n) is 15.6. The van der Waals surface area contributed by atoms with E-state index >= 15 is 0 Å². The molecular weight excluding hydrogens is 314 g/mol. The molecule has 0 N–H and O–H groups in total. The van der Waals surface area contributed by atoms with Crippen LogP contribution in [0.2, 0.25) is 0 Å². The van der Waals surface area contributed by atoms with Gasteiger partial charge in [0.2, 0.25) is 5.91 Å². The van der Waals surface area contributed by atoms with Crippen LogP contribution in [-0.2, 0) is 18.3 Å². The number of benzene rings is 1. The zero-order chi connectivity index (χ0) is 18.0. The van der Waals surface area contributed by atoms with E-state index in [9.17, 15) is 4.79 Å². The van der Waals surface area contributed by atoms with Crippen molar-refractivity contribution in [2.75, 3.05) is 13.7 Å². The summed E-state index contributed by atoms with van der Waals surface area (Å²) in [6, 6.07) is 8.13. The number of nitrogens with zero attached hydrogens (tertiary/aromatic N) is 3. The molecule has 1 aliphatic heterocycles. The second-order valence-corrected chi connectivity index (χ2v) is 6.80. The van der Waals surface area contributed by atoms with Crippen LogP contribution in [0.4, 0.5) is 0 Å². The normalized spacial score (nSPS) is 17.1. The van der Waals surface area contributed by atoms with Gasteiger partial charge in [0.05, 0.1) is 18.8 Å². The highest BCUT2D eigenvalue weighted by molar-refractivity contribution is 5.77. The van der Waals surface area contributed by atoms with Gasteiger partial charge in [-0.05, 0) is 50.8 Å². The molecule has 0 bridgehead atoms. The molecule has 134 valence electrons. The van der Waals surface area contributed by atoms with E-state index in [2.05, 4.69) is 16.9 Å². The number of rotatable bonds is 5. The lowest BCUT2D eigenvalue weighted by Gasteiger charge is -2.25. The Morgan fingerprint density at radius 1 is 1.28 bits per heavy atom. The fourth-order valence-corrected chi connectivity index (χ4v) is 3.82. The SMILES string of the molecule is COc1ccc(CCC(=O)N2CCC[C@@H]2c2c(C)nn(C)c2C)cc1. The van der Waals surface area contributed by atoms with Crippen LogP contribution in [-0.4, -0.2) is 34.2 Å². The zero-order valence-corrected chi connectivity index (χ0v) is 15.6. The molecule has 1 atom stereocenters. The fourth-order valence-electron chi connectivity index (χ4n) is 3.82. The monoisotopic (exact) mass is 341 g/mol. The maximum absolute atomic E-state index is 12.8. The maximum Gasteiger partial charge on any atom is 0.223 e. The molecule has 1 aromatic carbocycles. The summed E-state index contributed by atoms with van der Waals surface area (Å²) >= 11 is 0. The number of carbonyl (C=O) groups is 1. The Kier molecular flexibility index (Phi) is 5.11. The minimum Gasteiger partial charge on any atom is -0.497 e. The summed E-state index contributed by atoms with van der Waals surface area (Å²) < 4.78 is 7.10. The van der Waals surface area contributed by atoms with Gasteiger partial charge < -0.3 is 9.64 Å². The summed E-state index contributed by atoms with van der Waals surface area (Å²) in [5, 5.41) is 4.53. The molecule has 1 aromatic heterocycles. The van der Waals surface area contributed by atoms with Crippen molar-refractivity contribution in [1.82, 2.24) is 14.7 Å². The number of aryl methyl sites for hydroxylation is 3. The highest BCUT2D eigenvalue weighted by atomic mass is 16.5. The van der Waals surface area contributed by atoms with Gasteiger partial charge in [-0.1, -0.05) is 12.1 Å². The smallest absolute Gasteiger partial charge is 0.223 e. The van der Waals surface area contributed by atoms with Crippen molar-refractivity contribution < 1.29 is 9.53 Å². The molecule has 25 heavy (non-hydrogen) atoms. The van der Waals surface area contributed by atoms with Crippen LogP contribution in [0.5, 0.6) is 5.75 Å². The molecule has 2 aromatic rings. The van der Waals surface area contributed by atoms with E-state index in [1.807, 2.05) is 42.9 Å². The number of methoxy groups -OCH3 is 1. The van der Waals surface area contributed by atoms with Gasteiger partial charge in [-0.2, -0.15) is 5.10 Å². The Hall–Kier alpha value is -2.30. The summed E-state index contributed by atoms with van der Waals surface area (Å²) in [6.45, 7) is 4.98. The van der Waals surface area contributed by atoms with Crippen molar-refractivity contribution in [3.8, 4) is 5.75 Å². The average molecular weight is 341 g/mol. The summed E-state index contributed by atoms with van der Waals surface area (Å²) in [7, 11) is 3.63. The fraction of sp³-hybridized carbons (Fsp3) is 0.500. The molecule has 1 aliphatic rings. The molecule has 3 rings (SSSR count). The second-order valence-electron chi connectivity index (χ2n) is 6.80. The van der Waals surface area contributed by atoms with E-state index < -0.39 is 0 Å². The van der Waals surface area contributed by atoms with Gasteiger partial charge in [0.1, 0.15) is 5.75 Å². The van der Waals surface area contributed by atoms with Crippen molar-refractivity contribution in [1.29, 1.82) is 0 Å². The summed E-state index contributed by atoms with van der Waals surface area (Å²) in [5.41, 5.74) is 4.61. The van der Waals surface area contributed by atoms with Crippen LogP contribution in [0.1, 0.15) is 47.8 Å². The molecule has 0 unspecified atom stereocenters. The van der Waals surface area contributed by atoms with Crippen molar-refractivity contribution in [2.45, 2.75) is 45.6 Å². The molecule has 0 spiro atoms. The maximum atomic E-state index is 12.8. The number of hydrogen-bond donors (Lipinski definition) is 0. The van der Waals surface area contributed by atoms with E-state index in [0.29, 0.717) is 6.42 Å².